The van der Waals surface area contributed by atoms with Crippen molar-refractivity contribution in [1.82, 2.24) is 9.97 Å². The van der Waals surface area contributed by atoms with E-state index >= 15 is 0 Å². The van der Waals surface area contributed by atoms with Crippen LogP contribution in [0.3, 0.4) is 0 Å². The van der Waals surface area contributed by atoms with Crippen molar-refractivity contribution in [3.05, 3.63) is 22.4 Å². The van der Waals surface area contributed by atoms with Crippen LogP contribution in [-0.4, -0.2) is 23.7 Å². The monoisotopic (exact) mass is 300 g/mol. The van der Waals surface area contributed by atoms with Crippen molar-refractivity contribution in [2.75, 3.05) is 13.7 Å². The highest BCUT2D eigenvalue weighted by Crippen LogP contribution is 2.29. The van der Waals surface area contributed by atoms with Crippen LogP contribution >= 0.6 is 15.9 Å². The van der Waals surface area contributed by atoms with Gasteiger partial charge in [0.25, 0.3) is 0 Å². The summed E-state index contributed by atoms with van der Waals surface area (Å²) in [7, 11) is 1.47. The Bertz CT molecular complexity index is 563. The predicted octanol–water partition coefficient (Wildman–Crippen LogP) is 2.94. The van der Waals surface area contributed by atoms with Crippen LogP contribution in [0.5, 0.6) is 11.9 Å². The number of hydrogen-bond donors (Lipinski definition) is 0. The first kappa shape index (κ1) is 12.0. The number of halogens is 2. The molecule has 0 N–H and O–H groups in total. The average molecular weight is 301 g/mol. The van der Waals surface area contributed by atoms with Crippen molar-refractivity contribution in [3.63, 3.8) is 0 Å². The molecule has 0 spiro atoms. The Morgan fingerprint density at radius 2 is 2.12 bits per heavy atom. The zero-order chi connectivity index (χ0) is 12.4. The minimum absolute atomic E-state index is 0.109. The van der Waals surface area contributed by atoms with E-state index in [1.807, 2.05) is 0 Å². The maximum Gasteiger partial charge on any atom is 0.320 e. The standard InChI is InChI=1S/C11H10BrFN2O2/c1-3-17-11-14-9-7(10(15-11)16-2)4-6(12)5-8(9)13/h4-5H,3H2,1-2H3. The van der Waals surface area contributed by atoms with Crippen LogP contribution in [0.4, 0.5) is 4.39 Å². The van der Waals surface area contributed by atoms with Crippen LogP contribution in [0.1, 0.15) is 6.92 Å². The number of benzene rings is 1. The number of methoxy groups -OCH3 is 1. The van der Waals surface area contributed by atoms with E-state index in [2.05, 4.69) is 25.9 Å². The molecule has 1 aromatic carbocycles. The quantitative estimate of drug-likeness (QED) is 0.874. The van der Waals surface area contributed by atoms with Gasteiger partial charge in [-0.1, -0.05) is 15.9 Å². The van der Waals surface area contributed by atoms with E-state index in [1.165, 1.54) is 13.2 Å². The summed E-state index contributed by atoms with van der Waals surface area (Å²) in [6.45, 7) is 2.21. The summed E-state index contributed by atoms with van der Waals surface area (Å²) in [4.78, 5) is 8.05. The minimum Gasteiger partial charge on any atom is -0.480 e. The molecular weight excluding hydrogens is 291 g/mol. The molecule has 0 radical (unpaired) electrons. The highest BCUT2D eigenvalue weighted by Gasteiger charge is 2.13. The lowest BCUT2D eigenvalue weighted by Crippen LogP contribution is -2.01. The number of fused-ring (bicyclic) bond motifs is 1. The molecule has 1 aromatic heterocycles. The number of hydrogen-bond acceptors (Lipinski definition) is 4. The molecule has 0 saturated heterocycles. The Morgan fingerprint density at radius 1 is 1.35 bits per heavy atom. The molecule has 0 fully saturated rings. The normalized spacial score (nSPS) is 10.6. The van der Waals surface area contributed by atoms with Gasteiger partial charge in [-0.2, -0.15) is 9.97 Å². The van der Waals surface area contributed by atoms with Gasteiger partial charge in [0.05, 0.1) is 19.1 Å². The Labute approximate surface area is 106 Å². The molecule has 2 rings (SSSR count). The predicted molar refractivity (Wildman–Crippen MR) is 64.9 cm³/mol. The Kier molecular flexibility index (Phi) is 3.42. The van der Waals surface area contributed by atoms with Crippen LogP contribution in [-0.2, 0) is 0 Å². The lowest BCUT2D eigenvalue weighted by Gasteiger charge is -2.08. The zero-order valence-corrected chi connectivity index (χ0v) is 10.9. The number of rotatable bonds is 3. The first-order valence-electron chi connectivity index (χ1n) is 4.99. The van der Waals surface area contributed by atoms with Crippen molar-refractivity contribution >= 4 is 26.8 Å². The molecular formula is C11H10BrFN2O2. The van der Waals surface area contributed by atoms with Crippen molar-refractivity contribution in [3.8, 4) is 11.9 Å². The van der Waals surface area contributed by atoms with Crippen LogP contribution in [0.25, 0.3) is 10.9 Å². The molecule has 90 valence electrons. The first-order chi connectivity index (χ1) is 8.15. The van der Waals surface area contributed by atoms with E-state index in [4.69, 9.17) is 9.47 Å². The molecule has 0 aliphatic rings. The SMILES string of the molecule is CCOc1nc(OC)c2cc(Br)cc(F)c2n1. The second-order valence-corrected chi connectivity index (χ2v) is 4.15. The van der Waals surface area contributed by atoms with Crippen molar-refractivity contribution in [1.29, 1.82) is 0 Å². The molecule has 0 saturated carbocycles. The molecule has 0 aliphatic carbocycles. The largest absolute Gasteiger partial charge is 0.480 e. The van der Waals surface area contributed by atoms with Gasteiger partial charge in [0.2, 0.25) is 5.88 Å². The zero-order valence-electron chi connectivity index (χ0n) is 9.33. The Balaban J connectivity index is 2.73. The molecule has 0 bridgehead atoms. The summed E-state index contributed by atoms with van der Waals surface area (Å²) in [5.74, 6) is -0.158. The van der Waals surface area contributed by atoms with E-state index in [9.17, 15) is 4.39 Å². The molecule has 6 heteroatoms. The summed E-state index contributed by atoms with van der Waals surface area (Å²) in [5, 5.41) is 0.503. The van der Waals surface area contributed by atoms with Crippen LogP contribution in [0, 0.1) is 5.82 Å². The van der Waals surface area contributed by atoms with E-state index < -0.39 is 5.82 Å². The Hall–Kier alpha value is -1.43. The van der Waals surface area contributed by atoms with Crippen molar-refractivity contribution in [2.45, 2.75) is 6.92 Å². The van der Waals surface area contributed by atoms with E-state index in [-0.39, 0.29) is 11.5 Å². The second kappa shape index (κ2) is 4.83. The maximum absolute atomic E-state index is 13.8. The molecule has 2 aromatic rings. The smallest absolute Gasteiger partial charge is 0.320 e. The van der Waals surface area contributed by atoms with Crippen LogP contribution < -0.4 is 9.47 Å². The summed E-state index contributed by atoms with van der Waals surface area (Å²) in [5.41, 5.74) is 0.184. The highest BCUT2D eigenvalue weighted by molar-refractivity contribution is 9.10. The highest BCUT2D eigenvalue weighted by atomic mass is 79.9. The second-order valence-electron chi connectivity index (χ2n) is 3.23. The minimum atomic E-state index is -0.448. The summed E-state index contributed by atoms with van der Waals surface area (Å²) in [6, 6.07) is 3.15. The van der Waals surface area contributed by atoms with Gasteiger partial charge < -0.3 is 9.47 Å². The van der Waals surface area contributed by atoms with Crippen molar-refractivity contribution < 1.29 is 13.9 Å². The fourth-order valence-corrected chi connectivity index (χ4v) is 1.89. The topological polar surface area (TPSA) is 44.2 Å². The fourth-order valence-electron chi connectivity index (χ4n) is 1.46. The maximum atomic E-state index is 13.8. The van der Waals surface area contributed by atoms with Gasteiger partial charge in [-0.25, -0.2) is 4.39 Å². The third-order valence-electron chi connectivity index (χ3n) is 2.13. The number of ether oxygens (including phenoxy) is 2. The molecule has 0 unspecified atom stereocenters. The van der Waals surface area contributed by atoms with Gasteiger partial charge in [-0.15, -0.1) is 0 Å². The lowest BCUT2D eigenvalue weighted by atomic mass is 10.2. The molecule has 17 heavy (non-hydrogen) atoms. The summed E-state index contributed by atoms with van der Waals surface area (Å²) >= 11 is 3.21. The van der Waals surface area contributed by atoms with Crippen LogP contribution in [0.15, 0.2) is 16.6 Å². The van der Waals surface area contributed by atoms with Gasteiger partial charge >= 0.3 is 6.01 Å². The van der Waals surface area contributed by atoms with E-state index in [1.54, 1.807) is 13.0 Å². The summed E-state index contributed by atoms with van der Waals surface area (Å²) < 4.78 is 24.6. The fraction of sp³-hybridized carbons (Fsp3) is 0.273. The van der Waals surface area contributed by atoms with Gasteiger partial charge in [-0.3, -0.25) is 0 Å². The average Bonchev–Trinajstić information content (AvgIpc) is 2.29. The molecule has 0 aliphatic heterocycles. The summed E-state index contributed by atoms with van der Waals surface area (Å²) in [6.07, 6.45) is 0. The van der Waals surface area contributed by atoms with Crippen molar-refractivity contribution in [2.24, 2.45) is 0 Å². The van der Waals surface area contributed by atoms with Gasteiger partial charge in [0.15, 0.2) is 5.82 Å². The van der Waals surface area contributed by atoms with Gasteiger partial charge in [-0.05, 0) is 19.1 Å². The molecule has 4 nitrogen and oxygen atoms in total. The Morgan fingerprint density at radius 3 is 2.76 bits per heavy atom. The third kappa shape index (κ3) is 2.31. The first-order valence-corrected chi connectivity index (χ1v) is 5.78. The van der Waals surface area contributed by atoms with E-state index in [0.717, 1.165) is 0 Å². The van der Waals surface area contributed by atoms with Gasteiger partial charge in [0, 0.05) is 4.47 Å². The molecule has 0 amide bonds. The lowest BCUT2D eigenvalue weighted by molar-refractivity contribution is 0.304. The molecule has 1 heterocycles. The van der Waals surface area contributed by atoms with Gasteiger partial charge in [0.1, 0.15) is 5.52 Å². The number of aromatic nitrogens is 2. The molecule has 0 atom stereocenters. The third-order valence-corrected chi connectivity index (χ3v) is 2.59. The van der Waals surface area contributed by atoms with Crippen LogP contribution in [0.2, 0.25) is 0 Å². The number of nitrogens with zero attached hydrogens (tertiary/aromatic N) is 2. The van der Waals surface area contributed by atoms with E-state index in [0.29, 0.717) is 22.3 Å².